The van der Waals surface area contributed by atoms with E-state index < -0.39 is 24.3 Å². The average Bonchev–Trinajstić information content (AvgIpc) is 2.35. The Morgan fingerprint density at radius 3 is 2.23 bits per heavy atom. The molecule has 0 saturated heterocycles. The van der Waals surface area contributed by atoms with Crippen LogP contribution in [0.15, 0.2) is 18.2 Å². The van der Waals surface area contributed by atoms with Crippen molar-refractivity contribution < 1.29 is 24.3 Å². The topological polar surface area (TPSA) is 102 Å². The number of esters is 1. The maximum Gasteiger partial charge on any atom is 0.493 e. The maximum absolute atomic E-state index is 11.4. The predicted octanol–water partition coefficient (Wildman–Crippen LogP) is 0.731. The van der Waals surface area contributed by atoms with E-state index in [9.17, 15) is 14.9 Å². The summed E-state index contributed by atoms with van der Waals surface area (Å²) in [6, 6.07) is 4.39. The van der Waals surface area contributed by atoms with Gasteiger partial charge in [0.15, 0.2) is 0 Å². The van der Waals surface area contributed by atoms with Crippen molar-refractivity contribution in [2.45, 2.75) is 38.9 Å². The first-order valence-electron chi connectivity index (χ1n) is 6.55. The summed E-state index contributed by atoms with van der Waals surface area (Å²) in [6.07, 6.45) is 0. The number of hydrogen-bond donors (Lipinski definition) is 3. The third-order valence-electron chi connectivity index (χ3n) is 3.65. The van der Waals surface area contributed by atoms with Gasteiger partial charge < -0.3 is 25.3 Å². The van der Waals surface area contributed by atoms with Crippen LogP contribution in [0, 0.1) is 0 Å². The molecule has 1 aromatic rings. The third kappa shape index (κ3) is 4.61. The number of halogens is 1. The van der Waals surface area contributed by atoms with Crippen LogP contribution in [0.2, 0.25) is 0 Å². The summed E-state index contributed by atoms with van der Waals surface area (Å²) in [6.45, 7) is 6.50. The molecule has 124 valence electrons. The summed E-state index contributed by atoms with van der Waals surface area (Å²) in [5, 5.41) is 20.2. The minimum absolute atomic E-state index is 0. The van der Waals surface area contributed by atoms with Gasteiger partial charge in [0.2, 0.25) is 0 Å². The highest BCUT2D eigenvalue weighted by Gasteiger charge is 2.40. The zero-order valence-electron chi connectivity index (χ0n) is 13.4. The molecular formula is C14H23BClNO5. The Morgan fingerprint density at radius 1 is 1.27 bits per heavy atom. The molecule has 0 atom stereocenters. The summed E-state index contributed by atoms with van der Waals surface area (Å²) in [7, 11) is -0.0471. The number of nitrogen functional groups attached to an aromatic ring is 1. The van der Waals surface area contributed by atoms with Crippen molar-refractivity contribution in [1.29, 1.82) is 0 Å². The van der Waals surface area contributed by atoms with E-state index in [-0.39, 0.29) is 23.7 Å². The number of carbonyl (C=O) groups is 1. The first-order chi connectivity index (χ1) is 9.49. The molecule has 0 spiro atoms. The molecule has 0 amide bonds. The fraction of sp³-hybridized carbons (Fsp3) is 0.500. The van der Waals surface area contributed by atoms with Gasteiger partial charge in [-0.25, -0.2) is 4.79 Å². The van der Waals surface area contributed by atoms with Crippen LogP contribution >= 0.6 is 12.4 Å². The van der Waals surface area contributed by atoms with Crippen LogP contribution in [0.1, 0.15) is 38.1 Å². The van der Waals surface area contributed by atoms with Crippen molar-refractivity contribution in [3.63, 3.8) is 0 Å². The Balaban J connectivity index is 0.00000441. The summed E-state index contributed by atoms with van der Waals surface area (Å²) in [5.41, 5.74) is 4.48. The van der Waals surface area contributed by atoms with Crippen LogP contribution in [0.3, 0.4) is 0 Å². The minimum atomic E-state index is -1.32. The lowest BCUT2D eigenvalue weighted by molar-refractivity contribution is -0.0982. The predicted molar refractivity (Wildman–Crippen MR) is 88.5 cm³/mol. The van der Waals surface area contributed by atoms with Crippen LogP contribution in [0.4, 0.5) is 5.69 Å². The molecule has 0 bridgehead atoms. The molecule has 0 saturated carbocycles. The number of aliphatic hydroxyl groups is 1. The summed E-state index contributed by atoms with van der Waals surface area (Å²) < 4.78 is 10.1. The van der Waals surface area contributed by atoms with Gasteiger partial charge in [-0.2, -0.15) is 0 Å². The van der Waals surface area contributed by atoms with Crippen LogP contribution in [-0.2, 0) is 9.39 Å². The van der Waals surface area contributed by atoms with Crippen LogP contribution in [0.5, 0.6) is 0 Å². The standard InChI is InChI=1S/C14H22BNO5.ClH/c1-13(2,18)14(3,4)21-15(19)10-7-6-9(8-11(10)16)12(17)20-5;/h6-8,18-19H,16H2,1-5H3;1H. The Labute approximate surface area is 137 Å². The van der Waals surface area contributed by atoms with Crippen molar-refractivity contribution in [3.8, 4) is 0 Å². The first kappa shape index (κ1) is 20.7. The molecule has 22 heavy (non-hydrogen) atoms. The molecule has 0 aliphatic heterocycles. The van der Waals surface area contributed by atoms with Gasteiger partial charge in [0.25, 0.3) is 0 Å². The summed E-state index contributed by atoms with van der Waals surface area (Å²) in [4.78, 5) is 11.4. The summed E-state index contributed by atoms with van der Waals surface area (Å²) >= 11 is 0. The molecule has 6 nitrogen and oxygen atoms in total. The lowest BCUT2D eigenvalue weighted by atomic mass is 9.75. The summed E-state index contributed by atoms with van der Waals surface area (Å²) in [5.74, 6) is -0.513. The van der Waals surface area contributed by atoms with Gasteiger partial charge >= 0.3 is 13.1 Å². The van der Waals surface area contributed by atoms with E-state index >= 15 is 0 Å². The second kappa shape index (κ2) is 7.33. The van der Waals surface area contributed by atoms with Gasteiger partial charge in [-0.1, -0.05) is 6.07 Å². The Morgan fingerprint density at radius 2 is 1.82 bits per heavy atom. The fourth-order valence-corrected chi connectivity index (χ4v) is 1.53. The average molecular weight is 332 g/mol. The molecule has 0 aliphatic carbocycles. The van der Waals surface area contributed by atoms with Crippen LogP contribution in [0.25, 0.3) is 0 Å². The number of rotatable bonds is 5. The molecule has 0 radical (unpaired) electrons. The van der Waals surface area contributed by atoms with Crippen molar-refractivity contribution >= 4 is 36.6 Å². The molecule has 4 N–H and O–H groups in total. The maximum atomic E-state index is 11.4. The van der Waals surface area contributed by atoms with E-state index in [1.165, 1.54) is 25.3 Å². The second-order valence-electron chi connectivity index (χ2n) is 5.87. The van der Waals surface area contributed by atoms with E-state index in [4.69, 9.17) is 10.4 Å². The van der Waals surface area contributed by atoms with Crippen molar-refractivity contribution in [2.75, 3.05) is 12.8 Å². The van der Waals surface area contributed by atoms with Crippen molar-refractivity contribution in [3.05, 3.63) is 23.8 Å². The van der Waals surface area contributed by atoms with Gasteiger partial charge in [-0.15, -0.1) is 12.4 Å². The van der Waals surface area contributed by atoms with E-state index in [0.717, 1.165) is 0 Å². The lowest BCUT2D eigenvalue weighted by Gasteiger charge is -2.38. The lowest BCUT2D eigenvalue weighted by Crippen LogP contribution is -2.53. The van der Waals surface area contributed by atoms with E-state index in [1.807, 2.05) is 0 Å². The smallest absolute Gasteiger partial charge is 0.465 e. The van der Waals surface area contributed by atoms with E-state index in [1.54, 1.807) is 27.7 Å². The van der Waals surface area contributed by atoms with Gasteiger partial charge in [0.05, 0.1) is 23.9 Å². The minimum Gasteiger partial charge on any atom is -0.465 e. The largest absolute Gasteiger partial charge is 0.493 e. The quantitative estimate of drug-likeness (QED) is 0.418. The number of nitrogens with two attached hydrogens (primary N) is 1. The zero-order valence-corrected chi connectivity index (χ0v) is 14.2. The molecule has 0 aromatic heterocycles. The highest BCUT2D eigenvalue weighted by Crippen LogP contribution is 2.25. The van der Waals surface area contributed by atoms with Gasteiger partial charge in [0, 0.05) is 11.2 Å². The number of methoxy groups -OCH3 is 1. The molecule has 1 aromatic carbocycles. The normalized spacial score (nSPS) is 11.6. The van der Waals surface area contributed by atoms with Gasteiger partial charge in [-0.3, -0.25) is 0 Å². The van der Waals surface area contributed by atoms with Crippen molar-refractivity contribution in [1.82, 2.24) is 0 Å². The van der Waals surface area contributed by atoms with E-state index in [0.29, 0.717) is 5.46 Å². The molecule has 1 rings (SSSR count). The first-order valence-corrected chi connectivity index (χ1v) is 6.55. The molecule has 0 aliphatic rings. The highest BCUT2D eigenvalue weighted by molar-refractivity contribution is 6.62. The molecule has 8 heteroatoms. The fourth-order valence-electron chi connectivity index (χ4n) is 1.53. The number of anilines is 1. The Hall–Kier alpha value is -1.28. The van der Waals surface area contributed by atoms with Gasteiger partial charge in [0.1, 0.15) is 0 Å². The molecule has 0 fully saturated rings. The zero-order chi connectivity index (χ0) is 16.4. The Kier molecular flexibility index (Phi) is 6.90. The second-order valence-corrected chi connectivity index (χ2v) is 5.87. The highest BCUT2D eigenvalue weighted by atomic mass is 35.5. The SMILES string of the molecule is COC(=O)c1ccc(B(O)OC(C)(C)C(C)(C)O)c(N)c1.Cl. The van der Waals surface area contributed by atoms with Crippen LogP contribution < -0.4 is 11.2 Å². The number of hydrogen-bond acceptors (Lipinski definition) is 6. The molecule has 0 heterocycles. The van der Waals surface area contributed by atoms with Gasteiger partial charge in [-0.05, 0) is 39.8 Å². The van der Waals surface area contributed by atoms with Crippen molar-refractivity contribution in [2.24, 2.45) is 0 Å². The number of ether oxygens (including phenoxy) is 1. The van der Waals surface area contributed by atoms with E-state index in [2.05, 4.69) is 4.74 Å². The van der Waals surface area contributed by atoms with Crippen LogP contribution in [-0.4, -0.2) is 41.5 Å². The Bertz CT molecular complexity index is 530. The number of benzene rings is 1. The molecular weight excluding hydrogens is 308 g/mol. The molecule has 0 unspecified atom stereocenters. The monoisotopic (exact) mass is 331 g/mol. The third-order valence-corrected chi connectivity index (χ3v) is 3.65. The number of carbonyl (C=O) groups excluding carboxylic acids is 1.